The normalized spacial score (nSPS) is 10.6. The number of phenolic OH excluding ortho intramolecular Hbond substituents is 1. The van der Waals surface area contributed by atoms with Gasteiger partial charge in [0.15, 0.2) is 5.75 Å². The Labute approximate surface area is 115 Å². The Morgan fingerprint density at radius 3 is 2.65 bits per heavy atom. The average molecular weight is 276 g/mol. The molecule has 106 valence electrons. The van der Waals surface area contributed by atoms with Gasteiger partial charge >= 0.3 is 0 Å². The van der Waals surface area contributed by atoms with Gasteiger partial charge in [-0.1, -0.05) is 13.0 Å². The van der Waals surface area contributed by atoms with Gasteiger partial charge in [-0.15, -0.1) is 5.10 Å². The van der Waals surface area contributed by atoms with Gasteiger partial charge in [-0.25, -0.2) is 4.68 Å². The number of rotatable bonds is 3. The number of benzene rings is 1. The number of nitrogens with zero attached hydrogens (tertiary/aromatic N) is 2. The highest BCUT2D eigenvalue weighted by molar-refractivity contribution is 5.74. The molecule has 2 aromatic rings. The molecule has 0 saturated carbocycles. The van der Waals surface area contributed by atoms with Crippen LogP contribution in [0.2, 0.25) is 0 Å². The lowest BCUT2D eigenvalue weighted by Crippen LogP contribution is -2.22. The van der Waals surface area contributed by atoms with Crippen molar-refractivity contribution in [3.05, 3.63) is 34.1 Å². The Morgan fingerprint density at radius 2 is 2.05 bits per heavy atom. The number of phenols is 1. The molecule has 1 aromatic heterocycles. The number of ether oxygens (including phenoxy) is 1. The van der Waals surface area contributed by atoms with Crippen molar-refractivity contribution in [3.63, 3.8) is 0 Å². The second-order valence-corrected chi connectivity index (χ2v) is 4.36. The van der Waals surface area contributed by atoms with Gasteiger partial charge < -0.3 is 14.9 Å². The SMILES string of the molecule is CCc1cc(O)ccc1-c1c(O)c(OC)nn(C)c1=O. The highest BCUT2D eigenvalue weighted by Crippen LogP contribution is 2.35. The molecule has 0 amide bonds. The van der Waals surface area contributed by atoms with E-state index in [0.29, 0.717) is 12.0 Å². The van der Waals surface area contributed by atoms with Gasteiger partial charge in [0.25, 0.3) is 11.4 Å². The second kappa shape index (κ2) is 5.24. The third-order valence-corrected chi connectivity index (χ3v) is 3.12. The number of aromatic hydroxyl groups is 2. The van der Waals surface area contributed by atoms with Gasteiger partial charge in [0.1, 0.15) is 5.75 Å². The first-order chi connectivity index (χ1) is 9.49. The zero-order chi connectivity index (χ0) is 14.9. The Bertz CT molecular complexity index is 707. The molecule has 2 N–H and O–H groups in total. The van der Waals surface area contributed by atoms with Crippen molar-refractivity contribution >= 4 is 0 Å². The molecule has 1 aromatic carbocycles. The van der Waals surface area contributed by atoms with Gasteiger partial charge in [-0.3, -0.25) is 4.79 Å². The molecule has 6 nitrogen and oxygen atoms in total. The highest BCUT2D eigenvalue weighted by atomic mass is 16.5. The molecule has 0 aliphatic heterocycles. The van der Waals surface area contributed by atoms with Crippen molar-refractivity contribution in [2.75, 3.05) is 7.11 Å². The molecule has 0 radical (unpaired) electrons. The Kier molecular flexibility index (Phi) is 3.65. The topological polar surface area (TPSA) is 84.6 Å². The minimum Gasteiger partial charge on any atom is -0.508 e. The van der Waals surface area contributed by atoms with Gasteiger partial charge in [0.2, 0.25) is 0 Å². The molecule has 0 aliphatic rings. The monoisotopic (exact) mass is 276 g/mol. The predicted molar refractivity (Wildman–Crippen MR) is 74.2 cm³/mol. The van der Waals surface area contributed by atoms with Crippen LogP contribution in [0.1, 0.15) is 12.5 Å². The zero-order valence-corrected chi connectivity index (χ0v) is 11.5. The van der Waals surface area contributed by atoms with Crippen LogP contribution in [0.15, 0.2) is 23.0 Å². The standard InChI is InChI=1S/C14H16N2O4/c1-4-8-7-9(17)5-6-10(8)11-12(18)13(20-3)15-16(2)14(11)19/h5-7,17-18H,4H2,1-3H3. The summed E-state index contributed by atoms with van der Waals surface area (Å²) < 4.78 is 6.08. The van der Waals surface area contributed by atoms with Crippen LogP contribution >= 0.6 is 0 Å². The smallest absolute Gasteiger partial charge is 0.278 e. The fourth-order valence-electron chi connectivity index (χ4n) is 2.10. The van der Waals surface area contributed by atoms with Crippen molar-refractivity contribution in [2.45, 2.75) is 13.3 Å². The van der Waals surface area contributed by atoms with E-state index in [2.05, 4.69) is 5.10 Å². The van der Waals surface area contributed by atoms with E-state index in [-0.39, 0.29) is 22.9 Å². The average Bonchev–Trinajstić information content (AvgIpc) is 2.44. The molecule has 1 heterocycles. The summed E-state index contributed by atoms with van der Waals surface area (Å²) in [6, 6.07) is 4.64. The molecule has 6 heteroatoms. The minimum absolute atomic E-state index is 0.0165. The molecular formula is C14H16N2O4. The lowest BCUT2D eigenvalue weighted by molar-refractivity contribution is 0.345. The fraction of sp³-hybridized carbons (Fsp3) is 0.286. The Morgan fingerprint density at radius 1 is 1.35 bits per heavy atom. The van der Waals surface area contributed by atoms with Crippen molar-refractivity contribution in [1.82, 2.24) is 9.78 Å². The van der Waals surface area contributed by atoms with Crippen LogP contribution in [0.25, 0.3) is 11.1 Å². The third-order valence-electron chi connectivity index (χ3n) is 3.12. The largest absolute Gasteiger partial charge is 0.508 e. The van der Waals surface area contributed by atoms with E-state index in [1.807, 2.05) is 6.92 Å². The summed E-state index contributed by atoms with van der Waals surface area (Å²) in [4.78, 5) is 12.2. The minimum atomic E-state index is -0.427. The Balaban J connectivity index is 2.82. The number of hydrogen-bond donors (Lipinski definition) is 2. The summed E-state index contributed by atoms with van der Waals surface area (Å²) in [7, 11) is 2.85. The number of hydrogen-bond acceptors (Lipinski definition) is 5. The third kappa shape index (κ3) is 2.20. The summed E-state index contributed by atoms with van der Waals surface area (Å²) >= 11 is 0. The van der Waals surface area contributed by atoms with E-state index in [0.717, 1.165) is 10.2 Å². The molecule has 0 aliphatic carbocycles. The summed E-state index contributed by atoms with van der Waals surface area (Å²) in [6.45, 7) is 1.90. The maximum absolute atomic E-state index is 12.2. The van der Waals surface area contributed by atoms with Gasteiger partial charge in [-0.05, 0) is 29.7 Å². The quantitative estimate of drug-likeness (QED) is 0.886. The van der Waals surface area contributed by atoms with Crippen molar-refractivity contribution in [3.8, 4) is 28.5 Å². The first-order valence-corrected chi connectivity index (χ1v) is 6.16. The molecular weight excluding hydrogens is 260 g/mol. The summed E-state index contributed by atoms with van der Waals surface area (Å²) in [5, 5.41) is 23.5. The van der Waals surface area contributed by atoms with E-state index in [9.17, 15) is 15.0 Å². The van der Waals surface area contributed by atoms with E-state index >= 15 is 0 Å². The summed E-state index contributed by atoms with van der Waals surface area (Å²) in [5.74, 6) is -0.198. The van der Waals surface area contributed by atoms with Gasteiger partial charge in [0, 0.05) is 7.05 Å². The molecule has 0 unspecified atom stereocenters. The van der Waals surface area contributed by atoms with Crippen LogP contribution in [0.3, 0.4) is 0 Å². The van der Waals surface area contributed by atoms with Crippen molar-refractivity contribution in [1.29, 1.82) is 0 Å². The molecule has 0 fully saturated rings. The zero-order valence-electron chi connectivity index (χ0n) is 11.5. The second-order valence-electron chi connectivity index (χ2n) is 4.36. The summed E-state index contributed by atoms with van der Waals surface area (Å²) in [6.07, 6.45) is 0.608. The van der Waals surface area contributed by atoms with Crippen LogP contribution in [0.5, 0.6) is 17.4 Å². The predicted octanol–water partition coefficient (Wildman–Crippen LogP) is 1.43. The first-order valence-electron chi connectivity index (χ1n) is 6.16. The van der Waals surface area contributed by atoms with E-state index in [1.54, 1.807) is 12.1 Å². The van der Waals surface area contributed by atoms with Gasteiger partial charge in [0.05, 0.1) is 12.7 Å². The fourth-order valence-corrected chi connectivity index (χ4v) is 2.10. The van der Waals surface area contributed by atoms with Crippen LogP contribution < -0.4 is 10.3 Å². The molecule has 20 heavy (non-hydrogen) atoms. The molecule has 2 rings (SSSR count). The molecule has 0 spiro atoms. The Hall–Kier alpha value is -2.50. The van der Waals surface area contributed by atoms with Crippen molar-refractivity contribution in [2.24, 2.45) is 7.05 Å². The number of aromatic nitrogens is 2. The van der Waals surface area contributed by atoms with Gasteiger partial charge in [-0.2, -0.15) is 0 Å². The number of methoxy groups -OCH3 is 1. The van der Waals surface area contributed by atoms with E-state index in [1.165, 1.54) is 20.2 Å². The summed E-state index contributed by atoms with van der Waals surface area (Å²) in [5.41, 5.74) is 1.01. The van der Waals surface area contributed by atoms with E-state index < -0.39 is 5.56 Å². The van der Waals surface area contributed by atoms with Crippen LogP contribution in [0, 0.1) is 0 Å². The maximum atomic E-state index is 12.2. The lowest BCUT2D eigenvalue weighted by Gasteiger charge is -2.12. The van der Waals surface area contributed by atoms with E-state index in [4.69, 9.17) is 4.74 Å². The lowest BCUT2D eigenvalue weighted by atomic mass is 9.98. The van der Waals surface area contributed by atoms with Crippen LogP contribution in [0.4, 0.5) is 0 Å². The van der Waals surface area contributed by atoms with Crippen LogP contribution in [-0.4, -0.2) is 27.1 Å². The highest BCUT2D eigenvalue weighted by Gasteiger charge is 2.20. The maximum Gasteiger partial charge on any atom is 0.278 e. The molecule has 0 bridgehead atoms. The molecule has 0 atom stereocenters. The van der Waals surface area contributed by atoms with Crippen molar-refractivity contribution < 1.29 is 14.9 Å². The van der Waals surface area contributed by atoms with Crippen LogP contribution in [-0.2, 0) is 13.5 Å². The first kappa shape index (κ1) is 13.9. The molecule has 0 saturated heterocycles. The number of aryl methyl sites for hydroxylation is 2.